The van der Waals surface area contributed by atoms with Crippen molar-refractivity contribution in [2.75, 3.05) is 24.7 Å². The minimum atomic E-state index is -0.0826. The predicted octanol–water partition coefficient (Wildman–Crippen LogP) is 6.17. The number of ether oxygens (including phenoxy) is 2. The highest BCUT2D eigenvalue weighted by Crippen LogP contribution is 2.41. The molecular weight excluding hydrogens is 420 g/mol. The summed E-state index contributed by atoms with van der Waals surface area (Å²) in [6, 6.07) is 21.9. The van der Waals surface area contributed by atoms with Crippen LogP contribution in [0.2, 0.25) is 0 Å². The Labute approximate surface area is 193 Å². The van der Waals surface area contributed by atoms with E-state index in [-0.39, 0.29) is 11.4 Å². The van der Waals surface area contributed by atoms with Gasteiger partial charge in [0, 0.05) is 18.0 Å². The van der Waals surface area contributed by atoms with E-state index in [1.54, 1.807) is 18.9 Å². The molecule has 3 aromatic carbocycles. The van der Waals surface area contributed by atoms with Crippen LogP contribution in [0.4, 0.5) is 10.5 Å². The lowest BCUT2D eigenvalue weighted by Crippen LogP contribution is -2.34. The number of amides is 2. The molecule has 0 saturated carbocycles. The van der Waals surface area contributed by atoms with Crippen molar-refractivity contribution in [1.82, 2.24) is 4.90 Å². The third-order valence-electron chi connectivity index (χ3n) is 5.57. The Morgan fingerprint density at radius 3 is 2.50 bits per heavy atom. The van der Waals surface area contributed by atoms with Gasteiger partial charge in [-0.25, -0.2) is 4.79 Å². The van der Waals surface area contributed by atoms with E-state index >= 15 is 0 Å². The first-order chi connectivity index (χ1) is 15.6. The molecule has 1 saturated heterocycles. The van der Waals surface area contributed by atoms with Gasteiger partial charge in [-0.3, -0.25) is 0 Å². The molecule has 0 aliphatic carbocycles. The highest BCUT2D eigenvalue weighted by Gasteiger charge is 2.31. The zero-order valence-electron chi connectivity index (χ0n) is 18.6. The summed E-state index contributed by atoms with van der Waals surface area (Å²) in [7, 11) is 1.64. The van der Waals surface area contributed by atoms with Crippen molar-refractivity contribution >= 4 is 23.5 Å². The quantitative estimate of drug-likeness (QED) is 0.490. The molecule has 1 aliphatic rings. The number of nitrogens with one attached hydrogen (secondary N) is 1. The lowest BCUT2D eigenvalue weighted by Gasteiger charge is -2.26. The molecule has 0 aromatic heterocycles. The minimum Gasteiger partial charge on any atom is -0.493 e. The fraction of sp³-hybridized carbons (Fsp3) is 0.269. The lowest BCUT2D eigenvalue weighted by atomic mass is 10.1. The van der Waals surface area contributed by atoms with Gasteiger partial charge >= 0.3 is 6.03 Å². The Balaban J connectivity index is 1.50. The van der Waals surface area contributed by atoms with E-state index in [0.29, 0.717) is 24.7 Å². The summed E-state index contributed by atoms with van der Waals surface area (Å²) in [6.07, 6.45) is 0. The van der Waals surface area contributed by atoms with Crippen LogP contribution in [0.25, 0.3) is 0 Å². The van der Waals surface area contributed by atoms with Crippen molar-refractivity contribution in [2.45, 2.75) is 25.8 Å². The summed E-state index contributed by atoms with van der Waals surface area (Å²) in [6.45, 7) is 5.19. The van der Waals surface area contributed by atoms with Crippen LogP contribution in [0.1, 0.15) is 27.6 Å². The Morgan fingerprint density at radius 2 is 1.78 bits per heavy atom. The molecule has 32 heavy (non-hydrogen) atoms. The van der Waals surface area contributed by atoms with Gasteiger partial charge in [0.2, 0.25) is 0 Å². The lowest BCUT2D eigenvalue weighted by molar-refractivity contribution is 0.214. The zero-order valence-corrected chi connectivity index (χ0v) is 19.4. The number of methoxy groups -OCH3 is 1. The van der Waals surface area contributed by atoms with E-state index in [1.165, 1.54) is 0 Å². The second-order valence-corrected chi connectivity index (χ2v) is 8.99. The van der Waals surface area contributed by atoms with Crippen LogP contribution in [0.15, 0.2) is 66.7 Å². The number of thioether (sulfide) groups is 1. The van der Waals surface area contributed by atoms with E-state index in [9.17, 15) is 4.79 Å². The summed E-state index contributed by atoms with van der Waals surface area (Å²) < 4.78 is 11.6. The number of anilines is 1. The van der Waals surface area contributed by atoms with Crippen LogP contribution >= 0.6 is 11.8 Å². The largest absolute Gasteiger partial charge is 0.493 e. The summed E-state index contributed by atoms with van der Waals surface area (Å²) in [5.41, 5.74) is 5.12. The fourth-order valence-electron chi connectivity index (χ4n) is 3.84. The van der Waals surface area contributed by atoms with Gasteiger partial charge in [-0.1, -0.05) is 54.6 Å². The molecule has 0 unspecified atom stereocenters. The number of aryl methyl sites for hydroxylation is 2. The average Bonchev–Trinajstić information content (AvgIpc) is 3.31. The Morgan fingerprint density at radius 1 is 1.03 bits per heavy atom. The van der Waals surface area contributed by atoms with Gasteiger partial charge in [-0.05, 0) is 48.2 Å². The summed E-state index contributed by atoms with van der Waals surface area (Å²) in [4.78, 5) is 15.0. The number of rotatable bonds is 6. The van der Waals surface area contributed by atoms with Gasteiger partial charge in [0.1, 0.15) is 12.0 Å². The predicted molar refractivity (Wildman–Crippen MR) is 131 cm³/mol. The molecule has 1 atom stereocenters. The Bertz CT molecular complexity index is 1070. The first-order valence-electron chi connectivity index (χ1n) is 10.7. The van der Waals surface area contributed by atoms with Crippen LogP contribution in [-0.4, -0.2) is 30.3 Å². The molecule has 0 bridgehead atoms. The SMILES string of the molecule is COc1cc([C@@H]2SCCN2C(=O)Nc2c(C)cccc2C)ccc1OCc1ccccc1. The van der Waals surface area contributed by atoms with E-state index in [1.807, 2.05) is 85.5 Å². The smallest absolute Gasteiger partial charge is 0.323 e. The number of nitrogens with zero attached hydrogens (tertiary/aromatic N) is 1. The van der Waals surface area contributed by atoms with E-state index in [2.05, 4.69) is 5.32 Å². The zero-order chi connectivity index (χ0) is 22.5. The molecule has 166 valence electrons. The van der Waals surface area contributed by atoms with Crippen molar-refractivity contribution < 1.29 is 14.3 Å². The molecule has 1 N–H and O–H groups in total. The number of carbonyl (C=O) groups is 1. The average molecular weight is 449 g/mol. The normalized spacial score (nSPS) is 15.5. The second kappa shape index (κ2) is 10.0. The first kappa shape index (κ1) is 22.1. The highest BCUT2D eigenvalue weighted by atomic mass is 32.2. The minimum absolute atomic E-state index is 0.0728. The molecule has 4 rings (SSSR count). The molecule has 0 spiro atoms. The third kappa shape index (κ3) is 4.86. The van der Waals surface area contributed by atoms with Crippen molar-refractivity contribution in [1.29, 1.82) is 0 Å². The van der Waals surface area contributed by atoms with Crippen LogP contribution in [0.3, 0.4) is 0 Å². The number of hydrogen-bond donors (Lipinski definition) is 1. The van der Waals surface area contributed by atoms with Crippen molar-refractivity contribution in [3.8, 4) is 11.5 Å². The van der Waals surface area contributed by atoms with Gasteiger partial charge in [-0.2, -0.15) is 0 Å². The Hall–Kier alpha value is -3.12. The third-order valence-corrected chi connectivity index (χ3v) is 6.84. The monoisotopic (exact) mass is 448 g/mol. The standard InChI is InChI=1S/C26H28N2O3S/c1-18-8-7-9-19(2)24(18)27-26(29)28-14-15-32-25(28)21-12-13-22(23(16-21)30-3)31-17-20-10-5-4-6-11-20/h4-13,16,25H,14-15,17H2,1-3H3,(H,27,29)/t25-/m0/s1. The molecule has 6 heteroatoms. The molecule has 1 fully saturated rings. The van der Waals surface area contributed by atoms with Crippen molar-refractivity contribution in [3.05, 3.63) is 89.0 Å². The molecule has 1 aliphatic heterocycles. The van der Waals surface area contributed by atoms with Gasteiger partial charge in [0.05, 0.1) is 7.11 Å². The molecule has 5 nitrogen and oxygen atoms in total. The molecule has 3 aromatic rings. The van der Waals surface area contributed by atoms with E-state index in [0.717, 1.165) is 33.7 Å². The van der Waals surface area contributed by atoms with Crippen LogP contribution in [-0.2, 0) is 6.61 Å². The summed E-state index contributed by atoms with van der Waals surface area (Å²) in [5, 5.41) is 3.04. The van der Waals surface area contributed by atoms with Crippen molar-refractivity contribution in [3.63, 3.8) is 0 Å². The van der Waals surface area contributed by atoms with Crippen LogP contribution < -0.4 is 14.8 Å². The van der Waals surface area contributed by atoms with Crippen molar-refractivity contribution in [2.24, 2.45) is 0 Å². The molecule has 0 radical (unpaired) electrons. The maximum absolute atomic E-state index is 13.1. The van der Waals surface area contributed by atoms with Gasteiger partial charge in [0.25, 0.3) is 0 Å². The summed E-state index contributed by atoms with van der Waals surface area (Å²) >= 11 is 1.75. The number of para-hydroxylation sites is 1. The van der Waals surface area contributed by atoms with Gasteiger partial charge in [-0.15, -0.1) is 11.8 Å². The highest BCUT2D eigenvalue weighted by molar-refractivity contribution is 7.99. The first-order valence-corrected chi connectivity index (χ1v) is 11.7. The molecule has 2 amide bonds. The number of urea groups is 1. The van der Waals surface area contributed by atoms with E-state index in [4.69, 9.17) is 9.47 Å². The van der Waals surface area contributed by atoms with Gasteiger partial charge < -0.3 is 19.7 Å². The maximum atomic E-state index is 13.1. The maximum Gasteiger partial charge on any atom is 0.323 e. The summed E-state index contributed by atoms with van der Waals surface area (Å²) in [5.74, 6) is 2.25. The van der Waals surface area contributed by atoms with Crippen LogP contribution in [0, 0.1) is 13.8 Å². The van der Waals surface area contributed by atoms with E-state index < -0.39 is 0 Å². The molecular formula is C26H28N2O3S. The molecule has 1 heterocycles. The van der Waals surface area contributed by atoms with Crippen LogP contribution in [0.5, 0.6) is 11.5 Å². The Kier molecular flexibility index (Phi) is 6.90. The number of carbonyl (C=O) groups excluding carboxylic acids is 1. The van der Waals surface area contributed by atoms with Gasteiger partial charge in [0.15, 0.2) is 11.5 Å². The topological polar surface area (TPSA) is 50.8 Å². The fourth-order valence-corrected chi connectivity index (χ4v) is 5.08. The number of hydrogen-bond acceptors (Lipinski definition) is 4. The second-order valence-electron chi connectivity index (χ2n) is 7.80. The number of benzene rings is 3.